The smallest absolute Gasteiger partial charge is 0.411 e. The third-order valence-electron chi connectivity index (χ3n) is 14.6. The molecule has 12 rings (SSSR count). The molecular formula is C57H56N8O3. The van der Waals surface area contributed by atoms with Crippen molar-refractivity contribution in [2.45, 2.75) is 87.6 Å². The number of aromatic nitrogens is 6. The maximum Gasteiger partial charge on any atom is 0.411 e. The van der Waals surface area contributed by atoms with Crippen LogP contribution in [0.15, 0.2) is 170 Å². The van der Waals surface area contributed by atoms with Crippen molar-refractivity contribution >= 4 is 28.6 Å². The Bertz CT molecular complexity index is 3020. The number of ether oxygens (including phenoxy) is 2. The summed E-state index contributed by atoms with van der Waals surface area (Å²) in [5.41, 5.74) is 6.66. The molecule has 8 aromatic rings. The first-order chi connectivity index (χ1) is 33.1. The Balaban J connectivity index is 1.13. The number of hydrogen-bond acceptors (Lipinski definition) is 8. The molecule has 1 amide bonds. The number of nitrogens with zero attached hydrogens (tertiary/aromatic N) is 7. The minimum atomic E-state index is -0.965. The molecule has 4 heterocycles. The Morgan fingerprint density at radius 1 is 0.779 bits per heavy atom. The summed E-state index contributed by atoms with van der Waals surface area (Å²) < 4.78 is 17.5. The number of hydrogen-bond donors (Lipinski definition) is 1. The summed E-state index contributed by atoms with van der Waals surface area (Å²) in [6.45, 7) is 6.60. The van der Waals surface area contributed by atoms with Crippen LogP contribution in [0.4, 0.5) is 10.6 Å². The molecule has 1 spiro atoms. The summed E-state index contributed by atoms with van der Waals surface area (Å²) in [6.07, 6.45) is 9.60. The van der Waals surface area contributed by atoms with Gasteiger partial charge in [-0.2, -0.15) is 5.10 Å². The summed E-state index contributed by atoms with van der Waals surface area (Å²) in [5, 5.41) is 18.5. The molecule has 342 valence electrons. The molecule has 11 heteroatoms. The van der Waals surface area contributed by atoms with Gasteiger partial charge in [-0.1, -0.05) is 145 Å². The second kappa shape index (κ2) is 17.0. The summed E-state index contributed by atoms with van der Waals surface area (Å²) in [4.78, 5) is 22.2. The van der Waals surface area contributed by atoms with Gasteiger partial charge < -0.3 is 14.8 Å². The first kappa shape index (κ1) is 43.1. The third-order valence-corrected chi connectivity index (χ3v) is 14.6. The number of carbonyl (C=O) groups is 1. The van der Waals surface area contributed by atoms with Gasteiger partial charge in [0.05, 0.1) is 18.3 Å². The van der Waals surface area contributed by atoms with E-state index in [1.165, 1.54) is 5.56 Å². The lowest BCUT2D eigenvalue weighted by atomic mass is 9.53. The molecule has 0 unspecified atom stereocenters. The first-order valence-electron chi connectivity index (χ1n) is 23.8. The molecule has 1 atom stereocenters. The van der Waals surface area contributed by atoms with E-state index in [1.54, 1.807) is 0 Å². The van der Waals surface area contributed by atoms with Gasteiger partial charge >= 0.3 is 6.09 Å². The normalized spacial score (nSPS) is 21.2. The van der Waals surface area contributed by atoms with Gasteiger partial charge in [0.25, 0.3) is 0 Å². The van der Waals surface area contributed by atoms with E-state index in [0.29, 0.717) is 29.9 Å². The van der Waals surface area contributed by atoms with Crippen molar-refractivity contribution < 1.29 is 14.3 Å². The Labute approximate surface area is 397 Å². The number of pyridine rings is 1. The molecule has 7 bridgehead atoms. The van der Waals surface area contributed by atoms with E-state index in [4.69, 9.17) is 29.9 Å². The zero-order valence-electron chi connectivity index (χ0n) is 39.0. The van der Waals surface area contributed by atoms with E-state index in [0.717, 1.165) is 70.4 Å². The quantitative estimate of drug-likeness (QED) is 0.157. The largest absolute Gasteiger partial charge is 0.489 e. The SMILES string of the molecule is CNc1cc(/C2=C/CN(C(=O)OC(C)(C)C)C34CCC(c5ccccc5)(CC3)[C@H](C4)Oc3cccc(c3)Cn3cc2cn3)c2nnn(C(c3ccccc3)(c3ccccc3)c3ccccc3)c2n1. The fourth-order valence-corrected chi connectivity index (χ4v) is 11.4. The fourth-order valence-electron chi connectivity index (χ4n) is 11.4. The molecule has 68 heavy (non-hydrogen) atoms. The molecule has 11 nitrogen and oxygen atoms in total. The molecule has 0 radical (unpaired) electrons. The highest BCUT2D eigenvalue weighted by Crippen LogP contribution is 2.57. The number of amides is 1. The van der Waals surface area contributed by atoms with Crippen LogP contribution in [0.5, 0.6) is 5.75 Å². The van der Waals surface area contributed by atoms with Crippen LogP contribution >= 0.6 is 0 Å². The first-order valence-corrected chi connectivity index (χ1v) is 23.8. The monoisotopic (exact) mass is 900 g/mol. The number of benzene rings is 5. The van der Waals surface area contributed by atoms with E-state index in [2.05, 4.69) is 145 Å². The minimum absolute atomic E-state index is 0.191. The molecule has 3 saturated carbocycles. The van der Waals surface area contributed by atoms with Gasteiger partial charge in [0, 0.05) is 42.8 Å². The predicted molar refractivity (Wildman–Crippen MR) is 266 cm³/mol. The Morgan fingerprint density at radius 2 is 1.41 bits per heavy atom. The van der Waals surface area contributed by atoms with Gasteiger partial charge in [0.15, 0.2) is 5.65 Å². The molecule has 3 aliphatic carbocycles. The Kier molecular flexibility index (Phi) is 10.7. The van der Waals surface area contributed by atoms with E-state index >= 15 is 0 Å². The van der Waals surface area contributed by atoms with Crippen molar-refractivity contribution in [1.82, 2.24) is 34.7 Å². The molecule has 3 aromatic heterocycles. The van der Waals surface area contributed by atoms with Crippen LogP contribution in [0.2, 0.25) is 0 Å². The lowest BCUT2D eigenvalue weighted by Gasteiger charge is -2.60. The van der Waals surface area contributed by atoms with E-state index in [1.807, 2.05) is 72.5 Å². The topological polar surface area (TPSA) is 112 Å². The van der Waals surface area contributed by atoms with Crippen molar-refractivity contribution in [3.63, 3.8) is 0 Å². The molecule has 5 aromatic carbocycles. The average Bonchev–Trinajstić information content (AvgIpc) is 4.01. The van der Waals surface area contributed by atoms with Gasteiger partial charge in [-0.15, -0.1) is 5.10 Å². The molecule has 1 N–H and O–H groups in total. The maximum atomic E-state index is 15.0. The molecule has 3 fully saturated rings. The van der Waals surface area contributed by atoms with E-state index in [-0.39, 0.29) is 24.2 Å². The van der Waals surface area contributed by atoms with Crippen molar-refractivity contribution in [2.24, 2.45) is 0 Å². The van der Waals surface area contributed by atoms with Crippen molar-refractivity contribution in [3.05, 3.63) is 209 Å². The number of rotatable bonds is 7. The standard InChI is InChI=1S/C57H56N8O3/c1-54(2,3)68-53(66)64-33-28-47(41-37-59-63(39-41)38-40-18-17-27-46(34-40)67-49-36-55(64)29-31-56(49,32-30-55)42-19-9-5-10-20-42)48-35-50(58-4)60-52-51(48)61-62-65(52)57(43-21-11-6-12-22-43,44-23-13-7-14-24-44)45-25-15-8-16-26-45/h5-28,34-35,37,39,49H,29-33,36,38H2,1-4H3,(H,58,60)/b47-28+/t49-,55?,56?/m0/s1. The van der Waals surface area contributed by atoms with Gasteiger partial charge in [0.2, 0.25) is 0 Å². The molecule has 0 saturated heterocycles. The van der Waals surface area contributed by atoms with Crippen molar-refractivity contribution in [2.75, 3.05) is 18.9 Å². The van der Waals surface area contributed by atoms with Gasteiger partial charge in [0.1, 0.15) is 34.3 Å². The lowest BCUT2D eigenvalue weighted by Crippen LogP contribution is -2.66. The molecular weight excluding hydrogens is 845 g/mol. The summed E-state index contributed by atoms with van der Waals surface area (Å²) >= 11 is 0. The van der Waals surface area contributed by atoms with E-state index in [9.17, 15) is 4.79 Å². The molecule has 1 aliphatic heterocycles. The Morgan fingerprint density at radius 3 is 2.03 bits per heavy atom. The van der Waals surface area contributed by atoms with Crippen LogP contribution in [-0.4, -0.2) is 71.6 Å². The lowest BCUT2D eigenvalue weighted by molar-refractivity contribution is -0.0878. The number of carbonyl (C=O) groups excluding carboxylic acids is 1. The highest BCUT2D eigenvalue weighted by Gasteiger charge is 2.59. The van der Waals surface area contributed by atoms with Crippen LogP contribution in [0.1, 0.15) is 91.8 Å². The van der Waals surface area contributed by atoms with Crippen molar-refractivity contribution in [1.29, 1.82) is 0 Å². The zero-order chi connectivity index (χ0) is 46.5. The highest BCUT2D eigenvalue weighted by atomic mass is 16.6. The predicted octanol–water partition coefficient (Wildman–Crippen LogP) is 11.0. The average molecular weight is 901 g/mol. The summed E-state index contributed by atoms with van der Waals surface area (Å²) in [5.74, 6) is 1.45. The van der Waals surface area contributed by atoms with Crippen LogP contribution in [-0.2, 0) is 22.2 Å². The number of fused-ring (bicyclic) bond motifs is 7. The fraction of sp³-hybridized carbons (Fsp3) is 0.281. The van der Waals surface area contributed by atoms with Crippen LogP contribution < -0.4 is 10.1 Å². The zero-order valence-corrected chi connectivity index (χ0v) is 39.0. The summed E-state index contributed by atoms with van der Waals surface area (Å²) in [6, 6.07) is 52.6. The summed E-state index contributed by atoms with van der Waals surface area (Å²) in [7, 11) is 1.88. The number of nitrogens with one attached hydrogen (secondary N) is 1. The van der Waals surface area contributed by atoms with Crippen molar-refractivity contribution in [3.8, 4) is 5.75 Å². The maximum absolute atomic E-state index is 15.0. The number of anilines is 1. The Hall–Kier alpha value is -7.53. The minimum Gasteiger partial charge on any atom is -0.489 e. The molecule has 4 aliphatic rings. The van der Waals surface area contributed by atoms with Gasteiger partial charge in [-0.05, 0) is 98.0 Å². The van der Waals surface area contributed by atoms with Crippen LogP contribution in [0.3, 0.4) is 0 Å². The second-order valence-corrected chi connectivity index (χ2v) is 19.6. The van der Waals surface area contributed by atoms with Crippen LogP contribution in [0, 0.1) is 0 Å². The third kappa shape index (κ3) is 7.41. The van der Waals surface area contributed by atoms with E-state index < -0.39 is 16.7 Å². The van der Waals surface area contributed by atoms with Crippen LogP contribution in [0.25, 0.3) is 16.7 Å². The van der Waals surface area contributed by atoms with Gasteiger partial charge in [-0.3, -0.25) is 9.58 Å². The van der Waals surface area contributed by atoms with Gasteiger partial charge in [-0.25, -0.2) is 14.5 Å². The second-order valence-electron chi connectivity index (χ2n) is 19.6. The highest BCUT2D eigenvalue weighted by molar-refractivity contribution is 5.94.